The highest BCUT2D eigenvalue weighted by atomic mass is 35.5. The first-order chi connectivity index (χ1) is 12.7. The van der Waals surface area contributed by atoms with Crippen molar-refractivity contribution in [1.29, 1.82) is 0 Å². The maximum Gasteiger partial charge on any atom is 0.313 e. The molecule has 0 radical (unpaired) electrons. The third kappa shape index (κ3) is 2.95. The van der Waals surface area contributed by atoms with Crippen molar-refractivity contribution in [3.05, 3.63) is 71.4 Å². The van der Waals surface area contributed by atoms with Crippen LogP contribution in [0.4, 0.5) is 0 Å². The maximum absolute atomic E-state index is 12.1. The number of benzene rings is 3. The molecule has 0 bridgehead atoms. The van der Waals surface area contributed by atoms with Crippen LogP contribution in [0.25, 0.3) is 32.9 Å². The molecule has 1 heterocycles. The van der Waals surface area contributed by atoms with E-state index in [1.54, 1.807) is 6.92 Å². The molecule has 4 aromatic rings. The van der Waals surface area contributed by atoms with E-state index in [-0.39, 0.29) is 12.4 Å². The van der Waals surface area contributed by atoms with E-state index in [0.29, 0.717) is 17.4 Å². The molecular weight excluding hydrogens is 348 g/mol. The van der Waals surface area contributed by atoms with Crippen molar-refractivity contribution < 1.29 is 13.9 Å². The van der Waals surface area contributed by atoms with Crippen molar-refractivity contribution >= 4 is 39.3 Å². The number of halogens is 1. The summed E-state index contributed by atoms with van der Waals surface area (Å²) in [6, 6.07) is 19.7. The molecule has 26 heavy (non-hydrogen) atoms. The molecule has 4 rings (SSSR count). The number of esters is 1. The number of fused-ring (bicyclic) bond motifs is 3. The van der Waals surface area contributed by atoms with Crippen molar-refractivity contribution in [3.8, 4) is 11.1 Å². The van der Waals surface area contributed by atoms with Crippen LogP contribution in [0, 0.1) is 0 Å². The van der Waals surface area contributed by atoms with Gasteiger partial charge in [-0.05, 0) is 41.5 Å². The van der Waals surface area contributed by atoms with Crippen LogP contribution in [0.2, 0.25) is 5.02 Å². The minimum absolute atomic E-state index is 0.0921. The van der Waals surface area contributed by atoms with Gasteiger partial charge < -0.3 is 9.15 Å². The number of hydrogen-bond acceptors (Lipinski definition) is 3. The van der Waals surface area contributed by atoms with Crippen molar-refractivity contribution in [2.24, 2.45) is 0 Å². The van der Waals surface area contributed by atoms with Crippen LogP contribution in [-0.2, 0) is 16.0 Å². The highest BCUT2D eigenvalue weighted by Crippen LogP contribution is 2.39. The van der Waals surface area contributed by atoms with Crippen molar-refractivity contribution in [1.82, 2.24) is 0 Å². The SMILES string of the molecule is CCOC(=O)Cc1oc2ccc3ccccc3c2c1-c1ccc(Cl)cc1. The van der Waals surface area contributed by atoms with E-state index >= 15 is 0 Å². The molecule has 0 amide bonds. The van der Waals surface area contributed by atoms with E-state index in [0.717, 1.165) is 32.9 Å². The first-order valence-corrected chi connectivity index (χ1v) is 8.90. The maximum atomic E-state index is 12.1. The molecule has 0 aliphatic heterocycles. The Morgan fingerprint density at radius 3 is 2.58 bits per heavy atom. The van der Waals surface area contributed by atoms with Gasteiger partial charge in [0.1, 0.15) is 17.8 Å². The topological polar surface area (TPSA) is 39.4 Å². The zero-order valence-corrected chi connectivity index (χ0v) is 15.0. The third-order valence-corrected chi connectivity index (χ3v) is 4.65. The lowest BCUT2D eigenvalue weighted by Gasteiger charge is -2.06. The van der Waals surface area contributed by atoms with Crippen LogP contribution in [-0.4, -0.2) is 12.6 Å². The lowest BCUT2D eigenvalue weighted by molar-refractivity contribution is -0.142. The molecule has 3 aromatic carbocycles. The number of rotatable bonds is 4. The van der Waals surface area contributed by atoms with Gasteiger partial charge in [0.05, 0.1) is 6.61 Å². The Balaban J connectivity index is 2.00. The Kier molecular flexibility index (Phi) is 4.39. The highest BCUT2D eigenvalue weighted by Gasteiger charge is 2.20. The Morgan fingerprint density at radius 1 is 1.04 bits per heavy atom. The van der Waals surface area contributed by atoms with Gasteiger partial charge in [-0.1, -0.05) is 54.1 Å². The summed E-state index contributed by atoms with van der Waals surface area (Å²) in [5, 5.41) is 3.88. The predicted molar refractivity (Wildman–Crippen MR) is 105 cm³/mol. The van der Waals surface area contributed by atoms with E-state index in [4.69, 9.17) is 20.8 Å². The van der Waals surface area contributed by atoms with Crippen molar-refractivity contribution in [2.75, 3.05) is 6.61 Å². The lowest BCUT2D eigenvalue weighted by Crippen LogP contribution is -2.07. The van der Waals surface area contributed by atoms with Gasteiger partial charge in [-0.15, -0.1) is 0 Å². The molecule has 0 aliphatic rings. The second-order valence-electron chi connectivity index (χ2n) is 6.05. The molecular formula is C22H17ClO3. The number of carbonyl (C=O) groups excluding carboxylic acids is 1. The van der Waals surface area contributed by atoms with Crippen LogP contribution < -0.4 is 0 Å². The fourth-order valence-electron chi connectivity index (χ4n) is 3.31. The smallest absolute Gasteiger partial charge is 0.313 e. The van der Waals surface area contributed by atoms with Crippen LogP contribution in [0.5, 0.6) is 0 Å². The zero-order chi connectivity index (χ0) is 18.1. The molecule has 0 spiro atoms. The Morgan fingerprint density at radius 2 is 1.81 bits per heavy atom. The van der Waals surface area contributed by atoms with E-state index in [1.165, 1.54) is 0 Å². The first-order valence-electron chi connectivity index (χ1n) is 8.52. The van der Waals surface area contributed by atoms with Gasteiger partial charge >= 0.3 is 5.97 Å². The number of ether oxygens (including phenoxy) is 1. The van der Waals surface area contributed by atoms with Gasteiger partial charge in [-0.25, -0.2) is 0 Å². The number of furan rings is 1. The second-order valence-corrected chi connectivity index (χ2v) is 6.49. The average molecular weight is 365 g/mol. The summed E-state index contributed by atoms with van der Waals surface area (Å²) in [4.78, 5) is 12.1. The van der Waals surface area contributed by atoms with Crippen LogP contribution in [0.1, 0.15) is 12.7 Å². The summed E-state index contributed by atoms with van der Waals surface area (Å²) in [6.07, 6.45) is 0.0921. The molecule has 4 heteroatoms. The van der Waals surface area contributed by atoms with Gasteiger partial charge in [0.15, 0.2) is 0 Å². The summed E-state index contributed by atoms with van der Waals surface area (Å²) in [6.45, 7) is 2.14. The monoisotopic (exact) mass is 364 g/mol. The first kappa shape index (κ1) is 16.7. The Labute approximate surface area is 156 Å². The van der Waals surface area contributed by atoms with Crippen LogP contribution in [0.3, 0.4) is 0 Å². The summed E-state index contributed by atoms with van der Waals surface area (Å²) < 4.78 is 11.2. The molecule has 3 nitrogen and oxygen atoms in total. The molecule has 130 valence electrons. The summed E-state index contributed by atoms with van der Waals surface area (Å²) in [5.41, 5.74) is 2.64. The fourth-order valence-corrected chi connectivity index (χ4v) is 3.43. The van der Waals surface area contributed by atoms with E-state index in [2.05, 4.69) is 12.1 Å². The molecule has 1 aromatic heterocycles. The van der Waals surface area contributed by atoms with Crippen molar-refractivity contribution in [2.45, 2.75) is 13.3 Å². The van der Waals surface area contributed by atoms with Crippen LogP contribution >= 0.6 is 11.6 Å². The normalized spacial score (nSPS) is 11.2. The second kappa shape index (κ2) is 6.85. The number of hydrogen-bond donors (Lipinski definition) is 0. The molecule has 0 aliphatic carbocycles. The van der Waals surface area contributed by atoms with Gasteiger partial charge in [-0.3, -0.25) is 4.79 Å². The minimum Gasteiger partial charge on any atom is -0.466 e. The van der Waals surface area contributed by atoms with E-state index < -0.39 is 0 Å². The lowest BCUT2D eigenvalue weighted by atomic mass is 9.97. The van der Waals surface area contributed by atoms with E-state index in [1.807, 2.05) is 48.5 Å². The zero-order valence-electron chi connectivity index (χ0n) is 14.3. The summed E-state index contributed by atoms with van der Waals surface area (Å²) in [5.74, 6) is 0.309. The fraction of sp³-hybridized carbons (Fsp3) is 0.136. The standard InChI is InChI=1S/C22H17ClO3/c1-2-25-20(24)13-19-21(15-7-10-16(23)11-8-15)22-17-6-4-3-5-14(17)9-12-18(22)26-19/h3-12H,2,13H2,1H3. The molecule has 0 N–H and O–H groups in total. The molecule has 0 saturated heterocycles. The predicted octanol–water partition coefficient (Wildman–Crippen LogP) is 6.01. The van der Waals surface area contributed by atoms with Gasteiger partial charge in [0, 0.05) is 16.0 Å². The van der Waals surface area contributed by atoms with Gasteiger partial charge in [0.25, 0.3) is 0 Å². The van der Waals surface area contributed by atoms with Crippen LogP contribution in [0.15, 0.2) is 65.1 Å². The summed E-state index contributed by atoms with van der Waals surface area (Å²) in [7, 11) is 0. The van der Waals surface area contributed by atoms with Gasteiger partial charge in [0.2, 0.25) is 0 Å². The van der Waals surface area contributed by atoms with Gasteiger partial charge in [-0.2, -0.15) is 0 Å². The number of carbonyl (C=O) groups is 1. The quantitative estimate of drug-likeness (QED) is 0.416. The molecule has 0 atom stereocenters. The highest BCUT2D eigenvalue weighted by molar-refractivity contribution is 6.30. The third-order valence-electron chi connectivity index (χ3n) is 4.40. The summed E-state index contributed by atoms with van der Waals surface area (Å²) >= 11 is 6.05. The molecule has 0 saturated carbocycles. The minimum atomic E-state index is -0.300. The molecule has 0 unspecified atom stereocenters. The average Bonchev–Trinajstić information content (AvgIpc) is 3.01. The Hall–Kier alpha value is -2.78. The van der Waals surface area contributed by atoms with Crippen molar-refractivity contribution in [3.63, 3.8) is 0 Å². The Bertz CT molecular complexity index is 1090. The van der Waals surface area contributed by atoms with E-state index in [9.17, 15) is 4.79 Å². The largest absolute Gasteiger partial charge is 0.466 e. The molecule has 0 fully saturated rings.